The summed E-state index contributed by atoms with van der Waals surface area (Å²) in [6.45, 7) is 3.41. The van der Waals surface area contributed by atoms with Crippen molar-refractivity contribution in [2.45, 2.75) is 13.8 Å². The van der Waals surface area contributed by atoms with E-state index in [-0.39, 0.29) is 11.3 Å². The van der Waals surface area contributed by atoms with E-state index in [1.165, 1.54) is 0 Å². The predicted molar refractivity (Wildman–Crippen MR) is 56.9 cm³/mol. The molecule has 0 saturated heterocycles. The molecule has 5 nitrogen and oxygen atoms in total. The molecule has 0 bridgehead atoms. The van der Waals surface area contributed by atoms with Crippen molar-refractivity contribution in [3.63, 3.8) is 0 Å². The summed E-state index contributed by atoms with van der Waals surface area (Å²) in [6.07, 6.45) is 0. The Bertz CT molecular complexity index is 501. The van der Waals surface area contributed by atoms with Crippen LogP contribution in [0.3, 0.4) is 0 Å². The molecule has 0 unspecified atom stereocenters. The monoisotopic (exact) mass is 218 g/mol. The van der Waals surface area contributed by atoms with Crippen molar-refractivity contribution in [2.24, 2.45) is 0 Å². The molecule has 0 saturated carbocycles. The molecule has 1 aromatic carbocycles. The van der Waals surface area contributed by atoms with E-state index in [1.807, 2.05) is 6.07 Å². The fraction of sp³-hybridized carbons (Fsp3) is 0.182. The number of benzene rings is 1. The normalized spacial score (nSPS) is 9.31. The zero-order chi connectivity index (χ0) is 12.3. The van der Waals surface area contributed by atoms with Crippen LogP contribution in [0.15, 0.2) is 12.1 Å². The summed E-state index contributed by atoms with van der Waals surface area (Å²) in [5.74, 6) is -2.73. The fourth-order valence-electron chi connectivity index (χ4n) is 1.28. The summed E-state index contributed by atoms with van der Waals surface area (Å²) in [7, 11) is 0. The molecule has 5 heteroatoms. The number of carbonyl (C=O) groups excluding carboxylic acids is 1. The molecule has 1 amide bonds. The number of carboxylic acid groups (broad SMARTS) is 1. The number of nitrogens with one attached hydrogen (secondary N) is 1. The lowest BCUT2D eigenvalue weighted by Crippen LogP contribution is -2.23. The van der Waals surface area contributed by atoms with Gasteiger partial charge in [0.2, 0.25) is 0 Å². The van der Waals surface area contributed by atoms with E-state index in [1.54, 1.807) is 26.0 Å². The highest BCUT2D eigenvalue weighted by Gasteiger charge is 2.16. The second-order valence-electron chi connectivity index (χ2n) is 3.32. The zero-order valence-electron chi connectivity index (χ0n) is 8.87. The number of rotatable bonds is 1. The van der Waals surface area contributed by atoms with E-state index in [9.17, 15) is 9.59 Å². The van der Waals surface area contributed by atoms with Crippen LogP contribution in [0.4, 0.5) is 5.69 Å². The number of aryl methyl sites for hydroxylation is 2. The van der Waals surface area contributed by atoms with Gasteiger partial charge in [0.25, 0.3) is 0 Å². The van der Waals surface area contributed by atoms with Crippen LogP contribution in [-0.2, 0) is 9.59 Å². The molecule has 0 radical (unpaired) electrons. The van der Waals surface area contributed by atoms with Crippen molar-refractivity contribution in [3.05, 3.63) is 28.8 Å². The average Bonchev–Trinajstić information content (AvgIpc) is 2.23. The molecular formula is C11H10N2O3. The molecular weight excluding hydrogens is 208 g/mol. The van der Waals surface area contributed by atoms with Crippen LogP contribution >= 0.6 is 0 Å². The molecule has 1 aromatic rings. The summed E-state index contributed by atoms with van der Waals surface area (Å²) in [4.78, 5) is 21.4. The largest absolute Gasteiger partial charge is 0.474 e. The Morgan fingerprint density at radius 1 is 1.31 bits per heavy atom. The Morgan fingerprint density at radius 2 is 1.88 bits per heavy atom. The van der Waals surface area contributed by atoms with Crippen molar-refractivity contribution in [1.29, 1.82) is 5.26 Å². The van der Waals surface area contributed by atoms with Crippen LogP contribution in [0.25, 0.3) is 0 Å². The Morgan fingerprint density at radius 3 is 2.38 bits per heavy atom. The quantitative estimate of drug-likeness (QED) is 0.693. The Labute approximate surface area is 92.3 Å². The highest BCUT2D eigenvalue weighted by Crippen LogP contribution is 2.23. The molecule has 1 rings (SSSR count). The van der Waals surface area contributed by atoms with E-state index in [4.69, 9.17) is 10.4 Å². The third-order valence-corrected chi connectivity index (χ3v) is 2.17. The van der Waals surface area contributed by atoms with Crippen LogP contribution in [-0.4, -0.2) is 17.0 Å². The number of anilines is 1. The Hall–Kier alpha value is -2.35. The lowest BCUT2D eigenvalue weighted by atomic mass is 10.0. The molecule has 0 atom stereocenters. The number of aliphatic carboxylic acids is 1. The lowest BCUT2D eigenvalue weighted by molar-refractivity contribution is -0.147. The molecule has 16 heavy (non-hydrogen) atoms. The standard InChI is InChI=1S/C11H10N2O3/c1-6-3-4-7(2)9(8(6)5-12)13-10(14)11(15)16/h3-4H,1-2H3,(H,13,14)(H,15,16). The minimum atomic E-state index is -1.58. The molecule has 0 aromatic heterocycles. The van der Waals surface area contributed by atoms with Crippen molar-refractivity contribution < 1.29 is 14.7 Å². The van der Waals surface area contributed by atoms with Crippen molar-refractivity contribution in [2.75, 3.05) is 5.32 Å². The van der Waals surface area contributed by atoms with E-state index < -0.39 is 11.9 Å². The summed E-state index contributed by atoms with van der Waals surface area (Å²) in [5, 5.41) is 19.6. The van der Waals surface area contributed by atoms with E-state index >= 15 is 0 Å². The smallest absolute Gasteiger partial charge is 0.394 e. The van der Waals surface area contributed by atoms with Crippen LogP contribution in [0.2, 0.25) is 0 Å². The lowest BCUT2D eigenvalue weighted by Gasteiger charge is -2.10. The second kappa shape index (κ2) is 4.45. The predicted octanol–water partition coefficient (Wildman–Crippen LogP) is 1.20. The minimum Gasteiger partial charge on any atom is -0.474 e. The zero-order valence-corrected chi connectivity index (χ0v) is 8.87. The van der Waals surface area contributed by atoms with Crippen LogP contribution in [0.5, 0.6) is 0 Å². The van der Waals surface area contributed by atoms with Gasteiger partial charge < -0.3 is 10.4 Å². The van der Waals surface area contributed by atoms with Gasteiger partial charge in [0, 0.05) is 0 Å². The third-order valence-electron chi connectivity index (χ3n) is 2.17. The molecule has 0 fully saturated rings. The molecule has 0 spiro atoms. The number of hydrogen-bond donors (Lipinski definition) is 2. The van der Waals surface area contributed by atoms with Crippen molar-refractivity contribution in [3.8, 4) is 6.07 Å². The van der Waals surface area contributed by atoms with Gasteiger partial charge in [-0.25, -0.2) is 4.79 Å². The first-order valence-electron chi connectivity index (χ1n) is 4.52. The number of nitrogens with zero attached hydrogens (tertiary/aromatic N) is 1. The summed E-state index contributed by atoms with van der Waals surface area (Å²) < 4.78 is 0. The minimum absolute atomic E-state index is 0.259. The first kappa shape index (κ1) is 11.7. The number of nitriles is 1. The molecule has 0 heterocycles. The molecule has 0 aliphatic carbocycles. The van der Waals surface area contributed by atoms with Crippen molar-refractivity contribution >= 4 is 17.6 Å². The van der Waals surface area contributed by atoms with Gasteiger partial charge in [-0.15, -0.1) is 0 Å². The van der Waals surface area contributed by atoms with E-state index in [0.717, 1.165) is 0 Å². The maximum absolute atomic E-state index is 11.0. The SMILES string of the molecule is Cc1ccc(C)c(NC(=O)C(=O)O)c1C#N. The van der Waals surface area contributed by atoms with Crippen LogP contribution < -0.4 is 5.32 Å². The average molecular weight is 218 g/mol. The number of carbonyl (C=O) groups is 2. The molecule has 2 N–H and O–H groups in total. The van der Waals surface area contributed by atoms with Gasteiger partial charge in [0.1, 0.15) is 6.07 Å². The number of amides is 1. The van der Waals surface area contributed by atoms with Gasteiger partial charge in [-0.05, 0) is 25.0 Å². The maximum atomic E-state index is 11.0. The summed E-state index contributed by atoms with van der Waals surface area (Å²) in [5.41, 5.74) is 1.88. The third kappa shape index (κ3) is 2.17. The highest BCUT2D eigenvalue weighted by molar-refractivity contribution is 6.36. The molecule has 0 aliphatic rings. The molecule has 0 aliphatic heterocycles. The topological polar surface area (TPSA) is 90.2 Å². The van der Waals surface area contributed by atoms with Crippen LogP contribution in [0.1, 0.15) is 16.7 Å². The van der Waals surface area contributed by atoms with Gasteiger partial charge >= 0.3 is 11.9 Å². The first-order valence-corrected chi connectivity index (χ1v) is 4.52. The van der Waals surface area contributed by atoms with E-state index in [0.29, 0.717) is 11.1 Å². The molecule has 82 valence electrons. The number of carboxylic acids is 1. The number of hydrogen-bond acceptors (Lipinski definition) is 3. The second-order valence-corrected chi connectivity index (χ2v) is 3.32. The van der Waals surface area contributed by atoms with Crippen molar-refractivity contribution in [1.82, 2.24) is 0 Å². The summed E-state index contributed by atoms with van der Waals surface area (Å²) >= 11 is 0. The Balaban J connectivity index is 3.23. The highest BCUT2D eigenvalue weighted by atomic mass is 16.4. The fourth-order valence-corrected chi connectivity index (χ4v) is 1.28. The van der Waals surface area contributed by atoms with E-state index in [2.05, 4.69) is 5.32 Å². The Kier molecular flexibility index (Phi) is 3.26. The summed E-state index contributed by atoms with van der Waals surface area (Å²) in [6, 6.07) is 5.40. The maximum Gasteiger partial charge on any atom is 0.394 e. The van der Waals surface area contributed by atoms with Crippen LogP contribution in [0, 0.1) is 25.2 Å². The van der Waals surface area contributed by atoms with Gasteiger partial charge in [0.15, 0.2) is 0 Å². The first-order chi connectivity index (χ1) is 7.47. The van der Waals surface area contributed by atoms with Gasteiger partial charge in [-0.1, -0.05) is 12.1 Å². The van der Waals surface area contributed by atoms with Gasteiger partial charge in [-0.3, -0.25) is 4.79 Å². The van der Waals surface area contributed by atoms with Gasteiger partial charge in [0.05, 0.1) is 11.3 Å². The van der Waals surface area contributed by atoms with Gasteiger partial charge in [-0.2, -0.15) is 5.26 Å².